The summed E-state index contributed by atoms with van der Waals surface area (Å²) in [6, 6.07) is 14.2. The van der Waals surface area contributed by atoms with Gasteiger partial charge in [-0.05, 0) is 60.7 Å². The van der Waals surface area contributed by atoms with Crippen molar-refractivity contribution >= 4 is 22.5 Å². The van der Waals surface area contributed by atoms with Gasteiger partial charge in [-0.15, -0.1) is 0 Å². The van der Waals surface area contributed by atoms with E-state index in [-0.39, 0.29) is 13.2 Å². The van der Waals surface area contributed by atoms with Gasteiger partial charge < -0.3 is 25.6 Å². The maximum atomic E-state index is 10.1. The first-order chi connectivity index (χ1) is 15.0. The molecule has 1 aliphatic carbocycles. The lowest BCUT2D eigenvalue weighted by Crippen LogP contribution is -2.36. The molecule has 4 rings (SSSR count). The molecule has 1 aromatic heterocycles. The minimum Gasteiger partial charge on any atom is -0.491 e. The molecule has 0 fully saturated rings. The van der Waals surface area contributed by atoms with Crippen LogP contribution in [0.5, 0.6) is 5.75 Å². The number of nitrogens with two attached hydrogens (primary N) is 2. The summed E-state index contributed by atoms with van der Waals surface area (Å²) in [5, 5.41) is 13.4. The molecule has 0 aliphatic heterocycles. The molecule has 2 aromatic carbocycles. The van der Waals surface area contributed by atoms with Crippen molar-refractivity contribution in [3.05, 3.63) is 76.7 Å². The first-order valence-electron chi connectivity index (χ1n) is 10.7. The highest BCUT2D eigenvalue weighted by Gasteiger charge is 2.24. The number of aliphatic hydroxyl groups is 1. The minimum atomic E-state index is -0.719. The topological polar surface area (TPSA) is 101 Å². The molecule has 1 aliphatic rings. The van der Waals surface area contributed by atoms with Crippen LogP contribution in [0.25, 0.3) is 10.9 Å². The Bertz CT molecular complexity index is 1050. The Labute approximate surface area is 187 Å². The number of ether oxygens (including phenoxy) is 1. The van der Waals surface area contributed by atoms with Crippen LogP contribution in [-0.4, -0.2) is 34.4 Å². The third-order valence-electron chi connectivity index (χ3n) is 5.84. The minimum absolute atomic E-state index is 0.155. The van der Waals surface area contributed by atoms with Crippen LogP contribution in [0.3, 0.4) is 0 Å². The molecule has 6 nitrogen and oxygen atoms in total. The molecule has 7 heteroatoms. The number of H-pyrrole nitrogens is 1. The quantitative estimate of drug-likeness (QED) is 0.252. The summed E-state index contributed by atoms with van der Waals surface area (Å²) in [4.78, 5) is 3.66. The van der Waals surface area contributed by atoms with E-state index in [0.29, 0.717) is 5.92 Å². The lowest BCUT2D eigenvalue weighted by Gasteiger charge is -2.19. The number of hydrazine groups is 1. The van der Waals surface area contributed by atoms with E-state index in [1.54, 1.807) is 0 Å². The van der Waals surface area contributed by atoms with E-state index < -0.39 is 6.10 Å². The summed E-state index contributed by atoms with van der Waals surface area (Å²) in [7, 11) is 0. The van der Waals surface area contributed by atoms with E-state index >= 15 is 0 Å². The predicted molar refractivity (Wildman–Crippen MR) is 125 cm³/mol. The zero-order valence-corrected chi connectivity index (χ0v) is 18.2. The lowest BCUT2D eigenvalue weighted by atomic mass is 9.91. The average Bonchev–Trinajstić information content (AvgIpc) is 2.96. The molecule has 0 amide bonds. The second-order valence-corrected chi connectivity index (χ2v) is 8.51. The summed E-state index contributed by atoms with van der Waals surface area (Å²) in [6.45, 7) is 0.392. The summed E-state index contributed by atoms with van der Waals surface area (Å²) in [6.07, 6.45) is 6.65. The number of aromatic nitrogens is 1. The zero-order chi connectivity index (χ0) is 21.8. The Morgan fingerprint density at radius 2 is 2.03 bits per heavy atom. The fraction of sp³-hybridized carbons (Fsp3) is 0.333. The molecule has 31 heavy (non-hydrogen) atoms. The van der Waals surface area contributed by atoms with E-state index in [1.807, 2.05) is 18.2 Å². The first kappa shape index (κ1) is 21.6. The van der Waals surface area contributed by atoms with Crippen LogP contribution in [0, 0.1) is 0 Å². The van der Waals surface area contributed by atoms with Gasteiger partial charge in [0, 0.05) is 39.9 Å². The maximum Gasteiger partial charge on any atom is 0.119 e. The fourth-order valence-corrected chi connectivity index (χ4v) is 4.56. The van der Waals surface area contributed by atoms with E-state index in [2.05, 4.69) is 29.2 Å². The van der Waals surface area contributed by atoms with E-state index in [4.69, 9.17) is 27.9 Å². The number of fused-ring (bicyclic) bond motifs is 3. The van der Waals surface area contributed by atoms with Crippen molar-refractivity contribution < 1.29 is 9.84 Å². The number of benzene rings is 2. The van der Waals surface area contributed by atoms with Crippen LogP contribution in [0.15, 0.2) is 54.9 Å². The summed E-state index contributed by atoms with van der Waals surface area (Å²) >= 11 is 6.26. The number of hydrogen-bond donors (Lipinski definition) is 4. The summed E-state index contributed by atoms with van der Waals surface area (Å²) in [5.74, 6) is 6.72. The largest absolute Gasteiger partial charge is 0.491 e. The molecule has 0 bridgehead atoms. The molecule has 0 saturated carbocycles. The zero-order valence-electron chi connectivity index (χ0n) is 17.4. The fourth-order valence-electron chi connectivity index (χ4n) is 4.39. The molecular weight excluding hydrogens is 412 g/mol. The molecule has 0 saturated heterocycles. The number of aryl methyl sites for hydroxylation is 1. The smallest absolute Gasteiger partial charge is 0.119 e. The van der Waals surface area contributed by atoms with Crippen LogP contribution >= 0.6 is 11.6 Å². The van der Waals surface area contributed by atoms with E-state index in [9.17, 15) is 5.11 Å². The van der Waals surface area contributed by atoms with Crippen molar-refractivity contribution in [1.29, 1.82) is 0 Å². The second-order valence-electron chi connectivity index (χ2n) is 8.08. The SMILES string of the molecule is N/C=C\N(N)CC(O)COc1ccc(C2CCCCc3c2[nH]c2ccc(Cl)cc32)cc1. The Hall–Kier alpha value is -2.67. The molecule has 0 radical (unpaired) electrons. The van der Waals surface area contributed by atoms with Crippen LogP contribution in [-0.2, 0) is 6.42 Å². The predicted octanol–water partition coefficient (Wildman–Crippen LogP) is 4.02. The molecule has 3 aromatic rings. The third kappa shape index (κ3) is 4.98. The molecule has 0 spiro atoms. The molecule has 2 atom stereocenters. The Kier molecular flexibility index (Phi) is 6.70. The van der Waals surface area contributed by atoms with Crippen LogP contribution in [0.1, 0.15) is 42.0 Å². The third-order valence-corrected chi connectivity index (χ3v) is 6.08. The van der Waals surface area contributed by atoms with Crippen molar-refractivity contribution in [2.75, 3.05) is 13.2 Å². The number of aromatic amines is 1. The normalized spacial score (nSPS) is 17.5. The van der Waals surface area contributed by atoms with Crippen LogP contribution in [0.2, 0.25) is 5.02 Å². The maximum absolute atomic E-state index is 10.1. The first-order valence-corrected chi connectivity index (χ1v) is 11.0. The highest BCUT2D eigenvalue weighted by molar-refractivity contribution is 6.31. The molecule has 2 unspecified atom stereocenters. The van der Waals surface area contributed by atoms with Crippen molar-refractivity contribution in [2.24, 2.45) is 11.6 Å². The van der Waals surface area contributed by atoms with Crippen molar-refractivity contribution in [1.82, 2.24) is 9.99 Å². The monoisotopic (exact) mass is 440 g/mol. The number of halogens is 1. The van der Waals surface area contributed by atoms with Gasteiger partial charge in [0.05, 0.1) is 6.54 Å². The molecular formula is C24H29ClN4O2. The number of rotatable bonds is 7. The van der Waals surface area contributed by atoms with E-state index in [1.165, 1.54) is 52.5 Å². The summed E-state index contributed by atoms with van der Waals surface area (Å²) < 4.78 is 5.73. The van der Waals surface area contributed by atoms with Gasteiger partial charge >= 0.3 is 0 Å². The summed E-state index contributed by atoms with van der Waals surface area (Å²) in [5.41, 5.74) is 10.4. The van der Waals surface area contributed by atoms with Gasteiger partial charge in [-0.25, -0.2) is 5.84 Å². The van der Waals surface area contributed by atoms with Crippen molar-refractivity contribution in [3.63, 3.8) is 0 Å². The van der Waals surface area contributed by atoms with Crippen molar-refractivity contribution in [2.45, 2.75) is 37.7 Å². The molecule has 1 heterocycles. The Morgan fingerprint density at radius 3 is 2.81 bits per heavy atom. The second kappa shape index (κ2) is 9.64. The van der Waals surface area contributed by atoms with Crippen LogP contribution < -0.4 is 16.3 Å². The van der Waals surface area contributed by atoms with Gasteiger partial charge in [0.15, 0.2) is 0 Å². The lowest BCUT2D eigenvalue weighted by molar-refractivity contribution is 0.0819. The average molecular weight is 441 g/mol. The van der Waals surface area contributed by atoms with Gasteiger partial charge in [0.1, 0.15) is 18.5 Å². The molecule has 6 N–H and O–H groups in total. The van der Waals surface area contributed by atoms with Gasteiger partial charge in [0.2, 0.25) is 0 Å². The van der Waals surface area contributed by atoms with Gasteiger partial charge in [-0.2, -0.15) is 0 Å². The highest BCUT2D eigenvalue weighted by Crippen LogP contribution is 2.39. The van der Waals surface area contributed by atoms with Gasteiger partial charge in [-0.3, -0.25) is 0 Å². The number of aliphatic hydroxyl groups excluding tert-OH is 1. The number of nitrogens with one attached hydrogen (secondary N) is 1. The standard InChI is InChI=1S/C24H29ClN4O2/c25-17-7-10-23-22(13-17)21-4-2-1-3-20(24(21)28-23)16-5-8-19(9-6-16)31-15-18(30)14-29(27)12-11-26/h5-13,18,20,28,30H,1-4,14-15,26-27H2/b12-11-. The Balaban J connectivity index is 1.49. The van der Waals surface area contributed by atoms with E-state index in [0.717, 1.165) is 29.1 Å². The highest BCUT2D eigenvalue weighted by atomic mass is 35.5. The van der Waals surface area contributed by atoms with Crippen LogP contribution in [0.4, 0.5) is 0 Å². The van der Waals surface area contributed by atoms with Gasteiger partial charge in [0.25, 0.3) is 0 Å². The van der Waals surface area contributed by atoms with Crippen molar-refractivity contribution in [3.8, 4) is 5.75 Å². The molecule has 164 valence electrons. The number of hydrogen-bond acceptors (Lipinski definition) is 5. The van der Waals surface area contributed by atoms with Gasteiger partial charge in [-0.1, -0.05) is 30.2 Å². The number of nitrogens with zero attached hydrogens (tertiary/aromatic N) is 1. The Morgan fingerprint density at radius 1 is 1.23 bits per heavy atom.